The predicted molar refractivity (Wildman–Crippen MR) is 78.9 cm³/mol. The molecule has 1 amide bonds. The molecule has 0 unspecified atom stereocenters. The molecule has 19 heavy (non-hydrogen) atoms. The minimum Gasteiger partial charge on any atom is -0.323 e. The van der Waals surface area contributed by atoms with Crippen LogP contribution in [-0.2, 0) is 0 Å². The Balaban J connectivity index is 2.23. The van der Waals surface area contributed by atoms with Crippen LogP contribution in [0, 0.1) is 6.92 Å². The Labute approximate surface area is 119 Å². The van der Waals surface area contributed by atoms with Crippen molar-refractivity contribution in [1.29, 1.82) is 0 Å². The standard InChI is InChI=1S/C13H13BrN4O/c1-8-10(14)6-7-12(16-8)17-13(19)9-4-2-3-5-11(9)18-15/h2-7,18H,15H2,1H3,(H,16,17,19). The van der Waals surface area contributed by atoms with Crippen LogP contribution in [0.5, 0.6) is 0 Å². The average Bonchev–Trinajstić information content (AvgIpc) is 2.43. The minimum absolute atomic E-state index is 0.261. The van der Waals surface area contributed by atoms with Crippen molar-refractivity contribution in [3.05, 3.63) is 52.1 Å². The van der Waals surface area contributed by atoms with E-state index in [4.69, 9.17) is 5.84 Å². The maximum Gasteiger partial charge on any atom is 0.258 e. The number of benzene rings is 1. The van der Waals surface area contributed by atoms with Gasteiger partial charge in [-0.15, -0.1) is 0 Å². The molecule has 0 aliphatic rings. The SMILES string of the molecule is Cc1nc(NC(=O)c2ccccc2NN)ccc1Br. The highest BCUT2D eigenvalue weighted by molar-refractivity contribution is 9.10. The average molecular weight is 321 g/mol. The highest BCUT2D eigenvalue weighted by atomic mass is 79.9. The molecule has 0 radical (unpaired) electrons. The number of amides is 1. The maximum absolute atomic E-state index is 12.1. The van der Waals surface area contributed by atoms with Gasteiger partial charge in [-0.1, -0.05) is 12.1 Å². The Morgan fingerprint density at radius 1 is 1.26 bits per heavy atom. The number of hydrazine groups is 1. The second-order valence-corrected chi connectivity index (χ2v) is 4.76. The van der Waals surface area contributed by atoms with E-state index in [-0.39, 0.29) is 5.91 Å². The molecule has 0 fully saturated rings. The smallest absolute Gasteiger partial charge is 0.258 e. The number of rotatable bonds is 3. The lowest BCUT2D eigenvalue weighted by Gasteiger charge is -2.09. The fourth-order valence-corrected chi connectivity index (χ4v) is 1.83. The molecule has 4 N–H and O–H groups in total. The zero-order valence-electron chi connectivity index (χ0n) is 10.3. The van der Waals surface area contributed by atoms with E-state index < -0.39 is 0 Å². The third kappa shape index (κ3) is 3.10. The zero-order chi connectivity index (χ0) is 13.8. The highest BCUT2D eigenvalue weighted by Gasteiger charge is 2.11. The molecule has 0 atom stereocenters. The summed E-state index contributed by atoms with van der Waals surface area (Å²) >= 11 is 3.36. The quantitative estimate of drug-likeness (QED) is 0.600. The number of carbonyl (C=O) groups excluding carboxylic acids is 1. The van der Waals surface area contributed by atoms with E-state index in [1.165, 1.54) is 0 Å². The van der Waals surface area contributed by atoms with Crippen molar-refractivity contribution >= 4 is 33.3 Å². The van der Waals surface area contributed by atoms with E-state index in [1.54, 1.807) is 30.3 Å². The number of halogens is 1. The molecule has 1 heterocycles. The third-order valence-electron chi connectivity index (χ3n) is 2.59. The van der Waals surface area contributed by atoms with Gasteiger partial charge in [-0.25, -0.2) is 4.98 Å². The van der Waals surface area contributed by atoms with E-state index in [2.05, 4.69) is 31.7 Å². The maximum atomic E-state index is 12.1. The second kappa shape index (κ2) is 5.81. The normalized spacial score (nSPS) is 10.1. The van der Waals surface area contributed by atoms with Gasteiger partial charge in [0.1, 0.15) is 5.82 Å². The van der Waals surface area contributed by atoms with E-state index in [0.717, 1.165) is 10.2 Å². The molecule has 0 spiro atoms. The van der Waals surface area contributed by atoms with Gasteiger partial charge in [0.15, 0.2) is 0 Å². The summed E-state index contributed by atoms with van der Waals surface area (Å²) in [5.41, 5.74) is 4.33. The first kappa shape index (κ1) is 13.5. The van der Waals surface area contributed by atoms with Crippen LogP contribution < -0.4 is 16.6 Å². The molecule has 0 aliphatic carbocycles. The van der Waals surface area contributed by atoms with Crippen LogP contribution in [0.15, 0.2) is 40.9 Å². The molecular formula is C13H13BrN4O. The molecule has 2 rings (SSSR count). The van der Waals surface area contributed by atoms with Gasteiger partial charge >= 0.3 is 0 Å². The summed E-state index contributed by atoms with van der Waals surface area (Å²) in [5, 5.41) is 2.73. The molecule has 0 bridgehead atoms. The second-order valence-electron chi connectivity index (χ2n) is 3.91. The fraction of sp³-hybridized carbons (Fsp3) is 0.0769. The molecule has 1 aromatic heterocycles. The number of nitrogens with two attached hydrogens (primary N) is 1. The number of nitrogens with zero attached hydrogens (tertiary/aromatic N) is 1. The van der Waals surface area contributed by atoms with E-state index in [0.29, 0.717) is 17.1 Å². The summed E-state index contributed by atoms with van der Waals surface area (Å²) in [5.74, 6) is 5.61. The number of carbonyl (C=O) groups is 1. The Kier molecular flexibility index (Phi) is 4.13. The zero-order valence-corrected chi connectivity index (χ0v) is 11.9. The van der Waals surface area contributed by atoms with Crippen molar-refractivity contribution in [3.8, 4) is 0 Å². The van der Waals surface area contributed by atoms with Crippen molar-refractivity contribution in [3.63, 3.8) is 0 Å². The van der Waals surface area contributed by atoms with Gasteiger partial charge in [-0.05, 0) is 47.1 Å². The third-order valence-corrected chi connectivity index (χ3v) is 3.43. The summed E-state index contributed by atoms with van der Waals surface area (Å²) in [7, 11) is 0. The number of nitrogens with one attached hydrogen (secondary N) is 2. The highest BCUT2D eigenvalue weighted by Crippen LogP contribution is 2.18. The monoisotopic (exact) mass is 320 g/mol. The molecule has 0 aliphatic heterocycles. The lowest BCUT2D eigenvalue weighted by atomic mass is 10.1. The molecule has 5 nitrogen and oxygen atoms in total. The number of aromatic nitrogens is 1. The van der Waals surface area contributed by atoms with Crippen LogP contribution in [0.1, 0.15) is 16.1 Å². The molecule has 98 valence electrons. The first-order valence-corrected chi connectivity index (χ1v) is 6.41. The molecule has 2 aromatic rings. The molecule has 0 saturated carbocycles. The lowest BCUT2D eigenvalue weighted by molar-refractivity contribution is 0.102. The van der Waals surface area contributed by atoms with Crippen LogP contribution in [0.4, 0.5) is 11.5 Å². The van der Waals surface area contributed by atoms with Crippen molar-refractivity contribution in [1.82, 2.24) is 4.98 Å². The van der Waals surface area contributed by atoms with Crippen LogP contribution in [0.25, 0.3) is 0 Å². The minimum atomic E-state index is -0.261. The first-order chi connectivity index (χ1) is 9.11. The lowest BCUT2D eigenvalue weighted by Crippen LogP contribution is -2.17. The molecule has 1 aromatic carbocycles. The van der Waals surface area contributed by atoms with Crippen LogP contribution in [0.3, 0.4) is 0 Å². The van der Waals surface area contributed by atoms with Gasteiger partial charge in [0.05, 0.1) is 16.9 Å². The number of pyridine rings is 1. The Hall–Kier alpha value is -1.92. The number of hydrogen-bond donors (Lipinski definition) is 3. The van der Waals surface area contributed by atoms with Gasteiger partial charge in [-0.3, -0.25) is 10.6 Å². The molecule has 6 heteroatoms. The first-order valence-electron chi connectivity index (χ1n) is 5.62. The Morgan fingerprint density at radius 2 is 2.00 bits per heavy atom. The van der Waals surface area contributed by atoms with Crippen LogP contribution >= 0.6 is 15.9 Å². The fourth-order valence-electron chi connectivity index (χ4n) is 1.60. The van der Waals surface area contributed by atoms with Crippen molar-refractivity contribution < 1.29 is 4.79 Å². The number of aryl methyl sites for hydroxylation is 1. The number of nitrogen functional groups attached to an aromatic ring is 1. The van der Waals surface area contributed by atoms with Gasteiger partial charge in [0.25, 0.3) is 5.91 Å². The van der Waals surface area contributed by atoms with Crippen molar-refractivity contribution in [2.24, 2.45) is 5.84 Å². The van der Waals surface area contributed by atoms with Gasteiger partial charge in [0.2, 0.25) is 0 Å². The Bertz CT molecular complexity index is 615. The van der Waals surface area contributed by atoms with Gasteiger partial charge in [-0.2, -0.15) is 0 Å². The predicted octanol–water partition coefficient (Wildman–Crippen LogP) is 2.69. The van der Waals surface area contributed by atoms with E-state index in [1.807, 2.05) is 13.0 Å². The molecule has 0 saturated heterocycles. The van der Waals surface area contributed by atoms with Gasteiger partial charge < -0.3 is 10.7 Å². The topological polar surface area (TPSA) is 80.0 Å². The summed E-state index contributed by atoms with van der Waals surface area (Å²) in [4.78, 5) is 16.4. The summed E-state index contributed by atoms with van der Waals surface area (Å²) < 4.78 is 0.898. The van der Waals surface area contributed by atoms with Crippen LogP contribution in [0.2, 0.25) is 0 Å². The number of anilines is 2. The van der Waals surface area contributed by atoms with Gasteiger partial charge in [0, 0.05) is 4.47 Å². The Morgan fingerprint density at radius 3 is 2.68 bits per heavy atom. The summed E-state index contributed by atoms with van der Waals surface area (Å²) in [6, 6.07) is 10.6. The largest absolute Gasteiger partial charge is 0.323 e. The number of hydrogen-bond acceptors (Lipinski definition) is 4. The molecular weight excluding hydrogens is 308 g/mol. The van der Waals surface area contributed by atoms with E-state index >= 15 is 0 Å². The van der Waals surface area contributed by atoms with Crippen LogP contribution in [-0.4, -0.2) is 10.9 Å². The van der Waals surface area contributed by atoms with Crippen molar-refractivity contribution in [2.45, 2.75) is 6.92 Å². The van der Waals surface area contributed by atoms with Crippen molar-refractivity contribution in [2.75, 3.05) is 10.7 Å². The summed E-state index contributed by atoms with van der Waals surface area (Å²) in [6.07, 6.45) is 0. The number of para-hydroxylation sites is 1. The summed E-state index contributed by atoms with van der Waals surface area (Å²) in [6.45, 7) is 1.86. The van der Waals surface area contributed by atoms with E-state index in [9.17, 15) is 4.79 Å².